The molecular weight excluding hydrogens is 499 g/mol. The number of amides is 2. The Hall–Kier alpha value is -4.80. The second kappa shape index (κ2) is 10.7. The van der Waals surface area contributed by atoms with Gasteiger partial charge in [0.2, 0.25) is 0 Å². The first-order valence-electron chi connectivity index (χ1n) is 11.3. The van der Waals surface area contributed by atoms with Crippen LogP contribution in [0.2, 0.25) is 0 Å². The molecule has 0 aliphatic rings. The molecule has 0 aliphatic carbocycles. The Balaban J connectivity index is 1.76. The smallest absolute Gasteiger partial charge is 0.280 e. The number of aryl methyl sites for hydroxylation is 1. The lowest BCUT2D eigenvalue weighted by Crippen LogP contribution is -2.20. The number of halogens is 3. The van der Waals surface area contributed by atoms with Crippen molar-refractivity contribution in [1.29, 1.82) is 0 Å². The van der Waals surface area contributed by atoms with Crippen LogP contribution in [0.1, 0.15) is 38.5 Å². The molecule has 4 rings (SSSR count). The molecule has 3 aromatic heterocycles. The summed E-state index contributed by atoms with van der Waals surface area (Å²) in [6.45, 7) is 1.65. The maximum Gasteiger partial charge on any atom is 0.280 e. The summed E-state index contributed by atoms with van der Waals surface area (Å²) < 4.78 is 42.2. The molecule has 0 saturated carbocycles. The molecule has 1 aromatic carbocycles. The first kappa shape index (κ1) is 26.3. The summed E-state index contributed by atoms with van der Waals surface area (Å²) >= 11 is 0. The number of anilines is 1. The maximum atomic E-state index is 14.8. The van der Waals surface area contributed by atoms with Crippen LogP contribution in [0, 0.1) is 12.7 Å². The van der Waals surface area contributed by atoms with Gasteiger partial charge in [-0.1, -0.05) is 0 Å². The lowest BCUT2D eigenvalue weighted by Gasteiger charge is -2.15. The monoisotopic (exact) mass is 521 g/mol. The van der Waals surface area contributed by atoms with Crippen molar-refractivity contribution < 1.29 is 22.8 Å². The fourth-order valence-corrected chi connectivity index (χ4v) is 3.89. The van der Waals surface area contributed by atoms with Crippen molar-refractivity contribution in [2.75, 3.05) is 12.4 Å². The van der Waals surface area contributed by atoms with E-state index < -0.39 is 29.8 Å². The summed E-state index contributed by atoms with van der Waals surface area (Å²) in [5, 5.41) is 4.90. The Kier molecular flexibility index (Phi) is 7.38. The molecule has 2 amide bonds. The van der Waals surface area contributed by atoms with Gasteiger partial charge >= 0.3 is 0 Å². The van der Waals surface area contributed by atoms with E-state index in [2.05, 4.69) is 20.6 Å². The Morgan fingerprint density at radius 2 is 1.68 bits per heavy atom. The van der Waals surface area contributed by atoms with Gasteiger partial charge in [-0.2, -0.15) is 0 Å². The molecule has 3 heterocycles. The minimum Gasteiger partial charge on any atom is -0.354 e. The summed E-state index contributed by atoms with van der Waals surface area (Å²) in [6, 6.07) is 11.0. The number of alkyl halides is 2. The predicted molar refractivity (Wildman–Crippen MR) is 136 cm³/mol. The minimum absolute atomic E-state index is 0.114. The van der Waals surface area contributed by atoms with Crippen LogP contribution in [0.4, 0.5) is 18.9 Å². The maximum absolute atomic E-state index is 14.8. The molecule has 0 saturated heterocycles. The number of rotatable bonds is 6. The van der Waals surface area contributed by atoms with E-state index in [-0.39, 0.29) is 22.5 Å². The molecule has 0 unspecified atom stereocenters. The Morgan fingerprint density at radius 3 is 2.39 bits per heavy atom. The fraction of sp³-hybridized carbons (Fsp3) is 0.148. The second-order valence-corrected chi connectivity index (χ2v) is 8.41. The molecule has 11 heteroatoms. The topological polar surface area (TPSA) is 106 Å². The first-order valence-corrected chi connectivity index (χ1v) is 11.3. The highest BCUT2D eigenvalue weighted by atomic mass is 19.3. The zero-order valence-electron chi connectivity index (χ0n) is 20.6. The van der Waals surface area contributed by atoms with E-state index in [1.54, 1.807) is 32.2 Å². The standard InChI is InChI=1S/C27H22F3N5O3/c1-14-8-19(28)20(34-26(37)16-5-7-32-21(10-16)25(29)30)13-18(14)17-11-23(35(3)24(36)12-17)15-4-6-33-22(9-15)27(38)31-2/h4-13,25H,1-3H3,(H,31,38)(H,34,37). The van der Waals surface area contributed by atoms with Gasteiger partial charge < -0.3 is 15.2 Å². The zero-order valence-corrected chi connectivity index (χ0v) is 20.6. The highest BCUT2D eigenvalue weighted by molar-refractivity contribution is 6.04. The Labute approximate surface area is 215 Å². The fourth-order valence-electron chi connectivity index (χ4n) is 3.89. The van der Waals surface area contributed by atoms with Crippen LogP contribution in [0.25, 0.3) is 22.4 Å². The van der Waals surface area contributed by atoms with Crippen molar-refractivity contribution in [3.8, 4) is 22.4 Å². The summed E-state index contributed by atoms with van der Waals surface area (Å²) in [5.74, 6) is -1.93. The summed E-state index contributed by atoms with van der Waals surface area (Å²) in [5.41, 5.74) is 1.35. The van der Waals surface area contributed by atoms with Gasteiger partial charge in [0, 0.05) is 43.7 Å². The summed E-state index contributed by atoms with van der Waals surface area (Å²) in [6.07, 6.45) is -0.344. The van der Waals surface area contributed by atoms with Crippen LogP contribution >= 0.6 is 0 Å². The van der Waals surface area contributed by atoms with Gasteiger partial charge in [-0.15, -0.1) is 0 Å². The number of carbonyl (C=O) groups is 2. The Bertz CT molecular complexity index is 1620. The minimum atomic E-state index is -2.87. The molecule has 0 spiro atoms. The number of aromatic nitrogens is 3. The average Bonchev–Trinajstić information content (AvgIpc) is 2.91. The number of benzene rings is 1. The van der Waals surface area contributed by atoms with Gasteiger partial charge in [0.1, 0.15) is 17.2 Å². The van der Waals surface area contributed by atoms with E-state index in [1.165, 1.54) is 42.1 Å². The molecular formula is C27H22F3N5O3. The van der Waals surface area contributed by atoms with Gasteiger partial charge in [0.15, 0.2) is 0 Å². The number of pyridine rings is 3. The second-order valence-electron chi connectivity index (χ2n) is 8.41. The first-order chi connectivity index (χ1) is 18.1. The lowest BCUT2D eigenvalue weighted by molar-refractivity contribution is 0.0957. The van der Waals surface area contributed by atoms with Crippen LogP contribution in [-0.2, 0) is 7.05 Å². The molecule has 4 aromatic rings. The molecule has 38 heavy (non-hydrogen) atoms. The predicted octanol–water partition coefficient (Wildman–Crippen LogP) is 4.51. The van der Waals surface area contributed by atoms with Crippen LogP contribution < -0.4 is 16.2 Å². The van der Waals surface area contributed by atoms with Crippen molar-refractivity contribution in [3.05, 3.63) is 99.6 Å². The third-order valence-electron chi connectivity index (χ3n) is 5.92. The molecule has 0 radical (unpaired) electrons. The van der Waals surface area contributed by atoms with E-state index in [9.17, 15) is 27.6 Å². The van der Waals surface area contributed by atoms with E-state index in [1.807, 2.05) is 0 Å². The number of hydrogen-bond donors (Lipinski definition) is 2. The van der Waals surface area contributed by atoms with Gasteiger partial charge in [0.05, 0.1) is 11.4 Å². The molecule has 0 fully saturated rings. The van der Waals surface area contributed by atoms with Crippen molar-refractivity contribution in [2.24, 2.45) is 7.05 Å². The highest BCUT2D eigenvalue weighted by Gasteiger charge is 2.17. The van der Waals surface area contributed by atoms with E-state index in [0.29, 0.717) is 27.9 Å². The summed E-state index contributed by atoms with van der Waals surface area (Å²) in [7, 11) is 3.06. The molecule has 194 valence electrons. The molecule has 0 atom stereocenters. The SMILES string of the molecule is CNC(=O)c1cc(-c2cc(-c3cc(NC(=O)c4ccnc(C(F)F)c4)c(F)cc3C)cc(=O)n2C)ccn1. The van der Waals surface area contributed by atoms with Crippen LogP contribution in [0.15, 0.2) is 65.7 Å². The number of nitrogens with zero attached hydrogens (tertiary/aromatic N) is 3. The van der Waals surface area contributed by atoms with Gasteiger partial charge in [-0.25, -0.2) is 13.2 Å². The normalized spacial score (nSPS) is 10.9. The molecule has 0 aliphatic heterocycles. The van der Waals surface area contributed by atoms with E-state index in [4.69, 9.17) is 0 Å². The zero-order chi connectivity index (χ0) is 27.6. The Morgan fingerprint density at radius 1 is 0.947 bits per heavy atom. The van der Waals surface area contributed by atoms with E-state index >= 15 is 0 Å². The van der Waals surface area contributed by atoms with Crippen molar-refractivity contribution >= 4 is 17.5 Å². The van der Waals surface area contributed by atoms with Gasteiger partial charge in [0.25, 0.3) is 23.8 Å². The third-order valence-corrected chi connectivity index (χ3v) is 5.92. The number of carbonyl (C=O) groups excluding carboxylic acids is 2. The van der Waals surface area contributed by atoms with Crippen molar-refractivity contribution in [2.45, 2.75) is 13.3 Å². The van der Waals surface area contributed by atoms with E-state index in [0.717, 1.165) is 12.3 Å². The van der Waals surface area contributed by atoms with Crippen LogP contribution in [0.5, 0.6) is 0 Å². The molecule has 0 bridgehead atoms. The quantitative estimate of drug-likeness (QED) is 0.389. The van der Waals surface area contributed by atoms with Gasteiger partial charge in [-0.3, -0.25) is 24.4 Å². The number of hydrogen-bond acceptors (Lipinski definition) is 5. The highest BCUT2D eigenvalue weighted by Crippen LogP contribution is 2.31. The third kappa shape index (κ3) is 5.31. The molecule has 2 N–H and O–H groups in total. The van der Waals surface area contributed by atoms with Gasteiger partial charge in [-0.05, 0) is 66.1 Å². The van der Waals surface area contributed by atoms with Crippen molar-refractivity contribution in [1.82, 2.24) is 19.9 Å². The lowest BCUT2D eigenvalue weighted by atomic mass is 9.98. The van der Waals surface area contributed by atoms with Crippen molar-refractivity contribution in [3.63, 3.8) is 0 Å². The van der Waals surface area contributed by atoms with Crippen LogP contribution in [-0.4, -0.2) is 33.4 Å². The average molecular weight is 521 g/mol. The van der Waals surface area contributed by atoms with Crippen LogP contribution in [0.3, 0.4) is 0 Å². The number of nitrogens with one attached hydrogen (secondary N) is 2. The molecule has 8 nitrogen and oxygen atoms in total. The largest absolute Gasteiger partial charge is 0.354 e. The summed E-state index contributed by atoms with van der Waals surface area (Å²) in [4.78, 5) is 45.1.